The van der Waals surface area contributed by atoms with Gasteiger partial charge in [0.15, 0.2) is 0 Å². The van der Waals surface area contributed by atoms with Gasteiger partial charge in [0.05, 0.1) is 19.8 Å². The maximum absolute atomic E-state index is 8.85. The molecule has 3 nitrogen and oxygen atoms in total. The molecule has 0 bridgehead atoms. The minimum atomic E-state index is -2.36. The van der Waals surface area contributed by atoms with Crippen molar-refractivity contribution in [2.75, 3.05) is 19.8 Å². The predicted molar refractivity (Wildman–Crippen MR) is 541 cm³/mol. The number of unbranched alkanes of at least 4 members (excludes halogenated alkanes) is 9. The Morgan fingerprint density at radius 3 is 0.545 bits per heavy atom. The zero-order valence-electron chi connectivity index (χ0n) is 86.7. The van der Waals surface area contributed by atoms with Gasteiger partial charge in [0.25, 0.3) is 0 Å². The number of rotatable bonds is 33. The lowest BCUT2D eigenvalue weighted by atomic mass is 9.59. The Morgan fingerprint density at radius 1 is 0.223 bits per heavy atom. The molecule has 674 valence electrons. The molecule has 121 heavy (non-hydrogen) atoms. The van der Waals surface area contributed by atoms with Crippen LogP contribution >= 0.6 is 8.60 Å². The Kier molecular flexibility index (Phi) is 33.6. The van der Waals surface area contributed by atoms with Crippen molar-refractivity contribution < 1.29 is 13.6 Å². The predicted octanol–water partition coefficient (Wildman–Crippen LogP) is 35.6. The third kappa shape index (κ3) is 23.4. The first-order chi connectivity index (χ1) is 55.1. The molecule has 0 heterocycles. The molecule has 0 aliphatic rings. The summed E-state index contributed by atoms with van der Waals surface area (Å²) in [5, 5.41) is 0. The van der Waals surface area contributed by atoms with Crippen molar-refractivity contribution in [2.45, 2.75) is 468 Å². The molecular formula is C117H183O3P. The molecule has 0 aliphatic heterocycles. The van der Waals surface area contributed by atoms with Crippen LogP contribution in [0.4, 0.5) is 0 Å². The van der Waals surface area contributed by atoms with Gasteiger partial charge in [-0.25, -0.2) is 0 Å². The summed E-state index contributed by atoms with van der Waals surface area (Å²) < 4.78 is 26.6. The molecule has 0 amide bonds. The molecule has 0 N–H and O–H groups in total. The monoisotopic (exact) mass is 1670 g/mol. The van der Waals surface area contributed by atoms with Crippen molar-refractivity contribution in [3.63, 3.8) is 0 Å². The van der Waals surface area contributed by atoms with Crippen LogP contribution in [0.3, 0.4) is 0 Å². The summed E-state index contributed by atoms with van der Waals surface area (Å²) in [6.07, 6.45) is 22.0. The van der Waals surface area contributed by atoms with Gasteiger partial charge in [-0.3, -0.25) is 0 Å². The quantitative estimate of drug-likeness (QED) is 0.0304. The molecule has 0 saturated carbocycles. The van der Waals surface area contributed by atoms with Crippen LogP contribution < -0.4 is 0 Å². The van der Waals surface area contributed by atoms with E-state index in [1.165, 1.54) is 134 Å². The molecule has 4 heteroatoms. The number of aryl methyl sites for hydroxylation is 3. The van der Waals surface area contributed by atoms with Gasteiger partial charge in [-0.15, -0.1) is 0 Å². The number of hydrogen-bond donors (Lipinski definition) is 0. The Labute approximate surface area is 749 Å². The van der Waals surface area contributed by atoms with E-state index in [4.69, 9.17) is 13.6 Å². The normalized spacial score (nSPS) is 15.3. The molecule has 6 aromatic carbocycles. The first-order valence-electron chi connectivity index (χ1n) is 47.7. The second kappa shape index (κ2) is 38.8. The van der Waals surface area contributed by atoms with Crippen LogP contribution in [0, 0.1) is 20.8 Å². The second-order valence-corrected chi connectivity index (χ2v) is 51.0. The summed E-state index contributed by atoms with van der Waals surface area (Å²) in [5.74, 6) is 0. The fourth-order valence-corrected chi connectivity index (χ4v) is 23.2. The average molecular weight is 1670 g/mol. The van der Waals surface area contributed by atoms with Gasteiger partial charge in [0, 0.05) is 16.2 Å². The molecule has 0 aromatic heterocycles. The molecular weight excluding hydrogens is 1480 g/mol. The van der Waals surface area contributed by atoms with E-state index in [0.29, 0.717) is 19.8 Å². The molecule has 6 aromatic rings. The van der Waals surface area contributed by atoms with Crippen LogP contribution in [-0.2, 0) is 94.8 Å². The first-order valence-corrected chi connectivity index (χ1v) is 48.8. The van der Waals surface area contributed by atoms with Crippen molar-refractivity contribution in [1.82, 2.24) is 0 Å². The lowest BCUT2D eigenvalue weighted by Gasteiger charge is -2.47. The number of hydrogen-bond acceptors (Lipinski definition) is 3. The van der Waals surface area contributed by atoms with Crippen LogP contribution in [0.2, 0.25) is 0 Å². The summed E-state index contributed by atoms with van der Waals surface area (Å²) in [6, 6.07) is 30.1. The summed E-state index contributed by atoms with van der Waals surface area (Å²) >= 11 is 0. The highest BCUT2D eigenvalue weighted by Gasteiger charge is 2.52. The highest BCUT2D eigenvalue weighted by atomic mass is 31.2. The first kappa shape index (κ1) is 105. The van der Waals surface area contributed by atoms with Gasteiger partial charge < -0.3 is 13.6 Å². The minimum Gasteiger partial charge on any atom is -0.311 e. The second-order valence-electron chi connectivity index (χ2n) is 49.7. The van der Waals surface area contributed by atoms with E-state index >= 15 is 0 Å². The lowest BCUT2D eigenvalue weighted by Crippen LogP contribution is -2.42. The SMILES string of the molecule is C=Cc1ccc(C(CCCCCC)(COP(OCC(CCCCCC)(c2ccc(C)c(C(C)(C)C)c2C(C)(C)C)c2ccc(C=C)c(C(C)(C)C)c2C(C)(C)C)OCC(CCCCCC)(c2ccc(C)c(C(C)(C)C)c2C(C)(C)C)c2ccc(C=C)c(C(C)(C)C)c2C(C)(C)C)c2ccc(C)c(C(C)(C)C)c2C(C)(C)C)c(C(C)(C)C)c1C(C)(C)C. The molecule has 0 spiro atoms. The van der Waals surface area contributed by atoms with Crippen LogP contribution in [0.5, 0.6) is 0 Å². The Morgan fingerprint density at radius 2 is 0.388 bits per heavy atom. The minimum absolute atomic E-state index is 0.206. The molecule has 0 aliphatic carbocycles. The maximum Gasteiger partial charge on any atom is 0.332 e. The van der Waals surface area contributed by atoms with E-state index in [9.17, 15) is 0 Å². The molecule has 6 rings (SSSR count). The molecule has 0 saturated heterocycles. The van der Waals surface area contributed by atoms with Crippen LogP contribution in [0.1, 0.15) is 500 Å². The van der Waals surface area contributed by atoms with Crippen molar-refractivity contribution >= 4 is 26.8 Å². The maximum atomic E-state index is 8.85. The Balaban J connectivity index is 2.13. The van der Waals surface area contributed by atoms with E-state index < -0.39 is 24.8 Å². The largest absolute Gasteiger partial charge is 0.332 e. The van der Waals surface area contributed by atoms with E-state index in [0.717, 1.165) is 96.3 Å². The topological polar surface area (TPSA) is 27.7 Å². The van der Waals surface area contributed by atoms with Crippen molar-refractivity contribution in [2.24, 2.45) is 0 Å². The van der Waals surface area contributed by atoms with Gasteiger partial charge in [-0.1, -0.05) is 458 Å². The van der Waals surface area contributed by atoms with E-state index in [2.05, 4.69) is 402 Å². The van der Waals surface area contributed by atoms with Gasteiger partial charge in [0.1, 0.15) is 0 Å². The molecule has 0 fully saturated rings. The van der Waals surface area contributed by atoms with Crippen molar-refractivity contribution in [3.05, 3.63) is 226 Å². The standard InChI is InChI=1S/C117H183O3P/c1-46-52-55-58-73-115(85-67-61-79(7)91(103(10,11)12)97(85)109(28,29)30,88-70-64-82(49-4)94(106(19,20)21)100(88)112(37,38)39)76-118-121(119-77-116(74-59-56-53-47-2,86-68-62-80(8)92(104(13,14)15)98(86)110(31,32)33)89-71-65-83(50-5)95(107(22,23)24)101(89)113(40,41)42)120-78-117(75-60-57-54-48-3,87-69-63-81(9)93(105(16,17)18)99(87)111(34,35)36)90-72-66-84(51-6)96(108(25,26)27)102(90)114(43,44)45/h49-51,61-72H,4-6,46-48,52-60,73-78H2,1-3,7-45H3. The fraction of sp³-hybridized carbons (Fsp3) is 0.641. The summed E-state index contributed by atoms with van der Waals surface area (Å²) in [7, 11) is -2.36. The van der Waals surface area contributed by atoms with E-state index in [-0.39, 0.29) is 65.0 Å². The summed E-state index contributed by atoms with van der Waals surface area (Å²) in [4.78, 5) is 0. The smallest absolute Gasteiger partial charge is 0.311 e. The zero-order chi connectivity index (χ0) is 92.4. The highest BCUT2D eigenvalue weighted by Crippen LogP contribution is 2.60. The fourth-order valence-electron chi connectivity index (χ4n) is 22.0. The van der Waals surface area contributed by atoms with E-state index in [1.54, 1.807) is 0 Å². The van der Waals surface area contributed by atoms with Gasteiger partial charge in [-0.05, 0) is 239 Å². The van der Waals surface area contributed by atoms with E-state index in [1.807, 2.05) is 0 Å². The van der Waals surface area contributed by atoms with Crippen molar-refractivity contribution in [1.29, 1.82) is 0 Å². The molecule has 3 atom stereocenters. The Bertz CT molecular complexity index is 4070. The van der Waals surface area contributed by atoms with Crippen LogP contribution in [-0.4, -0.2) is 19.8 Å². The van der Waals surface area contributed by atoms with Crippen LogP contribution in [0.15, 0.2) is 92.5 Å². The summed E-state index contributed by atoms with van der Waals surface area (Å²) in [6.45, 7) is 117. The third-order valence-electron chi connectivity index (χ3n) is 26.3. The lowest BCUT2D eigenvalue weighted by molar-refractivity contribution is 0.104. The zero-order valence-corrected chi connectivity index (χ0v) is 87.6. The van der Waals surface area contributed by atoms with Crippen LogP contribution in [0.25, 0.3) is 18.2 Å². The third-order valence-corrected chi connectivity index (χ3v) is 27.3. The molecule has 3 unspecified atom stereocenters. The van der Waals surface area contributed by atoms with Gasteiger partial charge in [0.2, 0.25) is 0 Å². The average Bonchev–Trinajstić information content (AvgIpc) is 0.722. The number of benzene rings is 6. The summed E-state index contributed by atoms with van der Waals surface area (Å²) in [5.41, 5.74) is 26.7. The molecule has 0 radical (unpaired) electrons. The van der Waals surface area contributed by atoms with Gasteiger partial charge in [-0.2, -0.15) is 0 Å². The van der Waals surface area contributed by atoms with Crippen molar-refractivity contribution in [3.8, 4) is 0 Å². The highest BCUT2D eigenvalue weighted by molar-refractivity contribution is 7.41. The Hall–Kier alpha value is -5.15. The van der Waals surface area contributed by atoms with Gasteiger partial charge >= 0.3 is 8.60 Å².